The standard InChI is InChI=1S/C23H26N4O3S2/c1-4-5-6-7-10-27-22(29)19(32-23(27)31)12-17-15(2)18(13-24)21(28)26(3)20(17)25-14-16-9-8-11-30-16/h8-9,11-12,25H,4-7,10,14H2,1-3H3/b19-12-. The summed E-state index contributed by atoms with van der Waals surface area (Å²) >= 11 is 6.70. The third kappa shape index (κ3) is 4.97. The average molecular weight is 471 g/mol. The first-order valence-corrected chi connectivity index (χ1v) is 11.8. The zero-order valence-corrected chi connectivity index (χ0v) is 20.1. The molecule has 0 saturated carbocycles. The topological polar surface area (TPSA) is 91.3 Å². The van der Waals surface area contributed by atoms with E-state index in [-0.39, 0.29) is 11.5 Å². The quantitative estimate of drug-likeness (QED) is 0.326. The summed E-state index contributed by atoms with van der Waals surface area (Å²) < 4.78 is 7.30. The number of anilines is 1. The first-order chi connectivity index (χ1) is 15.4. The van der Waals surface area contributed by atoms with E-state index in [1.54, 1.807) is 37.3 Å². The van der Waals surface area contributed by atoms with Gasteiger partial charge in [-0.25, -0.2) is 0 Å². The van der Waals surface area contributed by atoms with Gasteiger partial charge in [-0.05, 0) is 37.1 Å². The number of nitriles is 1. The van der Waals surface area contributed by atoms with Crippen LogP contribution in [0.1, 0.15) is 55.1 Å². The van der Waals surface area contributed by atoms with Gasteiger partial charge in [-0.3, -0.25) is 19.1 Å². The number of hydrogen-bond acceptors (Lipinski definition) is 7. The minimum absolute atomic E-state index is 0.0531. The molecule has 0 radical (unpaired) electrons. The van der Waals surface area contributed by atoms with Crippen LogP contribution in [0.2, 0.25) is 0 Å². The maximum atomic E-state index is 13.0. The molecule has 1 aliphatic rings. The van der Waals surface area contributed by atoms with Crippen LogP contribution in [0.5, 0.6) is 0 Å². The fourth-order valence-corrected chi connectivity index (χ4v) is 4.84. The van der Waals surface area contributed by atoms with E-state index in [0.29, 0.717) is 45.0 Å². The van der Waals surface area contributed by atoms with E-state index >= 15 is 0 Å². The van der Waals surface area contributed by atoms with Crippen LogP contribution in [0.25, 0.3) is 6.08 Å². The number of rotatable bonds is 9. The molecule has 0 aliphatic carbocycles. The molecule has 168 valence electrons. The average Bonchev–Trinajstić information content (AvgIpc) is 3.38. The van der Waals surface area contributed by atoms with Gasteiger partial charge >= 0.3 is 0 Å². The van der Waals surface area contributed by atoms with Gasteiger partial charge in [0.1, 0.15) is 27.5 Å². The molecule has 2 aromatic rings. The number of nitrogens with one attached hydrogen (secondary N) is 1. The van der Waals surface area contributed by atoms with Crippen LogP contribution < -0.4 is 10.9 Å². The first kappa shape index (κ1) is 23.8. The summed E-state index contributed by atoms with van der Waals surface area (Å²) in [5.74, 6) is 1.07. The van der Waals surface area contributed by atoms with Crippen molar-refractivity contribution in [1.29, 1.82) is 5.26 Å². The zero-order chi connectivity index (χ0) is 23.3. The molecule has 1 aliphatic heterocycles. The van der Waals surface area contributed by atoms with Gasteiger partial charge in [-0.15, -0.1) is 0 Å². The molecule has 0 aromatic carbocycles. The molecule has 0 bridgehead atoms. The van der Waals surface area contributed by atoms with Crippen molar-refractivity contribution in [3.8, 4) is 6.07 Å². The lowest BCUT2D eigenvalue weighted by Gasteiger charge is -2.17. The lowest BCUT2D eigenvalue weighted by Crippen LogP contribution is -2.29. The summed E-state index contributed by atoms with van der Waals surface area (Å²) in [5.41, 5.74) is 0.789. The Kier molecular flexibility index (Phi) is 7.94. The fraction of sp³-hybridized carbons (Fsp3) is 0.391. The fourth-order valence-electron chi connectivity index (χ4n) is 3.55. The van der Waals surface area contributed by atoms with Gasteiger partial charge in [0.2, 0.25) is 0 Å². The highest BCUT2D eigenvalue weighted by atomic mass is 32.2. The molecule has 0 unspecified atom stereocenters. The first-order valence-electron chi connectivity index (χ1n) is 10.5. The van der Waals surface area contributed by atoms with Crippen LogP contribution in [0.3, 0.4) is 0 Å². The van der Waals surface area contributed by atoms with Crippen molar-refractivity contribution < 1.29 is 9.21 Å². The van der Waals surface area contributed by atoms with Gasteiger partial charge in [0.05, 0.1) is 17.7 Å². The van der Waals surface area contributed by atoms with Crippen LogP contribution in [-0.4, -0.2) is 26.2 Å². The van der Waals surface area contributed by atoms with Crippen molar-refractivity contribution in [2.24, 2.45) is 7.05 Å². The lowest BCUT2D eigenvalue weighted by atomic mass is 10.0. The van der Waals surface area contributed by atoms with E-state index in [2.05, 4.69) is 12.2 Å². The molecule has 1 N–H and O–H groups in total. The van der Waals surface area contributed by atoms with Crippen molar-refractivity contribution >= 4 is 46.1 Å². The number of pyridine rings is 1. The third-order valence-electron chi connectivity index (χ3n) is 5.39. The van der Waals surface area contributed by atoms with E-state index in [1.165, 1.54) is 16.3 Å². The second-order valence-electron chi connectivity index (χ2n) is 7.57. The Labute approximate surface area is 197 Å². The predicted octanol–water partition coefficient (Wildman–Crippen LogP) is 4.55. The summed E-state index contributed by atoms with van der Waals surface area (Å²) in [6.45, 7) is 4.81. The predicted molar refractivity (Wildman–Crippen MR) is 131 cm³/mol. The van der Waals surface area contributed by atoms with Crippen molar-refractivity contribution in [3.63, 3.8) is 0 Å². The van der Waals surface area contributed by atoms with Crippen molar-refractivity contribution in [1.82, 2.24) is 9.47 Å². The number of carbonyl (C=O) groups is 1. The highest BCUT2D eigenvalue weighted by molar-refractivity contribution is 8.26. The maximum absolute atomic E-state index is 13.0. The van der Waals surface area contributed by atoms with E-state index in [4.69, 9.17) is 16.6 Å². The van der Waals surface area contributed by atoms with Crippen LogP contribution >= 0.6 is 24.0 Å². The Bertz CT molecular complexity index is 1140. The number of carbonyl (C=O) groups excluding carboxylic acids is 1. The van der Waals surface area contributed by atoms with Crippen LogP contribution in [0.4, 0.5) is 5.82 Å². The van der Waals surface area contributed by atoms with E-state index in [1.807, 2.05) is 12.1 Å². The number of hydrogen-bond donors (Lipinski definition) is 1. The number of thioether (sulfide) groups is 1. The number of unbranched alkanes of at least 4 members (excludes halogenated alkanes) is 3. The molecule has 1 saturated heterocycles. The number of thiocarbonyl (C=S) groups is 1. The maximum Gasteiger partial charge on any atom is 0.270 e. The van der Waals surface area contributed by atoms with Crippen molar-refractivity contribution in [2.75, 3.05) is 11.9 Å². The summed E-state index contributed by atoms with van der Waals surface area (Å²) in [5, 5.41) is 12.8. The van der Waals surface area contributed by atoms with Crippen LogP contribution in [0, 0.1) is 18.3 Å². The number of nitrogens with zero attached hydrogens (tertiary/aromatic N) is 3. The molecule has 2 aromatic heterocycles. The zero-order valence-electron chi connectivity index (χ0n) is 18.4. The lowest BCUT2D eigenvalue weighted by molar-refractivity contribution is -0.122. The third-order valence-corrected chi connectivity index (χ3v) is 6.77. The van der Waals surface area contributed by atoms with E-state index in [9.17, 15) is 14.9 Å². The summed E-state index contributed by atoms with van der Waals surface area (Å²) in [6.07, 6.45) is 7.51. The molecule has 7 nitrogen and oxygen atoms in total. The minimum atomic E-state index is -0.396. The highest BCUT2D eigenvalue weighted by Gasteiger charge is 2.32. The molecular formula is C23H26N4O3S2. The number of amides is 1. The number of aromatic nitrogens is 1. The van der Waals surface area contributed by atoms with Crippen LogP contribution in [-0.2, 0) is 18.4 Å². The molecule has 32 heavy (non-hydrogen) atoms. The Morgan fingerprint density at radius 3 is 2.75 bits per heavy atom. The van der Waals surface area contributed by atoms with Gasteiger partial charge in [0, 0.05) is 19.2 Å². The highest BCUT2D eigenvalue weighted by Crippen LogP contribution is 2.35. The summed E-state index contributed by atoms with van der Waals surface area (Å²) in [7, 11) is 1.60. The Morgan fingerprint density at radius 2 is 2.09 bits per heavy atom. The van der Waals surface area contributed by atoms with E-state index < -0.39 is 5.56 Å². The molecule has 0 atom stereocenters. The van der Waals surface area contributed by atoms with Gasteiger partial charge in [-0.1, -0.05) is 50.2 Å². The molecule has 9 heteroatoms. The minimum Gasteiger partial charge on any atom is -0.467 e. The molecular weight excluding hydrogens is 444 g/mol. The second-order valence-corrected chi connectivity index (χ2v) is 9.24. The Morgan fingerprint density at radius 1 is 1.31 bits per heavy atom. The monoisotopic (exact) mass is 470 g/mol. The Balaban J connectivity index is 1.97. The Hall–Kier alpha value is -2.83. The molecule has 0 spiro atoms. The normalized spacial score (nSPS) is 14.9. The smallest absolute Gasteiger partial charge is 0.270 e. The largest absolute Gasteiger partial charge is 0.467 e. The molecule has 3 rings (SSSR count). The SMILES string of the molecule is CCCCCCN1C(=O)/C(=C/c2c(C)c(C#N)c(=O)n(C)c2NCc2ccco2)SC1=S. The summed E-state index contributed by atoms with van der Waals surface area (Å²) in [4.78, 5) is 27.8. The van der Waals surface area contributed by atoms with Gasteiger partial charge < -0.3 is 9.73 Å². The molecule has 1 fully saturated rings. The van der Waals surface area contributed by atoms with Crippen molar-refractivity contribution in [3.05, 3.63) is 56.1 Å². The van der Waals surface area contributed by atoms with Crippen molar-refractivity contribution in [2.45, 2.75) is 46.1 Å². The number of furan rings is 1. The van der Waals surface area contributed by atoms with Crippen LogP contribution in [0.15, 0.2) is 32.5 Å². The van der Waals surface area contributed by atoms with Gasteiger partial charge in [-0.2, -0.15) is 5.26 Å². The van der Waals surface area contributed by atoms with E-state index in [0.717, 1.165) is 25.7 Å². The molecule has 1 amide bonds. The van der Waals surface area contributed by atoms with Gasteiger partial charge in [0.15, 0.2) is 0 Å². The second kappa shape index (κ2) is 10.7. The summed E-state index contributed by atoms with van der Waals surface area (Å²) in [6, 6.07) is 5.61. The molecule has 3 heterocycles. The van der Waals surface area contributed by atoms with Gasteiger partial charge in [0.25, 0.3) is 11.5 Å².